The topological polar surface area (TPSA) is 70.2 Å². The zero-order chi connectivity index (χ0) is 18.3. The predicted molar refractivity (Wildman–Crippen MR) is 102 cm³/mol. The Morgan fingerprint density at radius 3 is 2.24 bits per heavy atom. The third kappa shape index (κ3) is 4.76. The van der Waals surface area contributed by atoms with Gasteiger partial charge >= 0.3 is 0 Å². The average molecular weight is 372 g/mol. The molecule has 0 amide bonds. The Morgan fingerprint density at radius 1 is 1.04 bits per heavy atom. The number of hydrogen-bond acceptors (Lipinski definition) is 3. The fourth-order valence-electron chi connectivity index (χ4n) is 6.50. The summed E-state index contributed by atoms with van der Waals surface area (Å²) in [5.41, 5.74) is 1.04. The van der Waals surface area contributed by atoms with E-state index in [4.69, 9.17) is 0 Å². The maximum absolute atomic E-state index is 11.4. The molecule has 6 heteroatoms. The van der Waals surface area contributed by atoms with E-state index < -0.39 is 10.2 Å². The monoisotopic (exact) mass is 371 g/mol. The average Bonchev–Trinajstić information content (AvgIpc) is 2.46. The Hall–Kier alpha value is -0.170. The summed E-state index contributed by atoms with van der Waals surface area (Å²) in [6, 6.07) is 0.658. The minimum atomic E-state index is -3.29. The van der Waals surface area contributed by atoms with Crippen molar-refractivity contribution in [3.63, 3.8) is 0 Å². The first kappa shape index (κ1) is 19.6. The summed E-state index contributed by atoms with van der Waals surface area (Å²) >= 11 is 0. The Labute approximate surface area is 154 Å². The van der Waals surface area contributed by atoms with Crippen LogP contribution in [0, 0.1) is 28.6 Å². The molecule has 4 aliphatic rings. The SMILES string of the molecule is CNS(=O)(=O)NCCCNC1C2CC3CC1CC(CC(C)(C)C)(C3)C2. The highest BCUT2D eigenvalue weighted by molar-refractivity contribution is 7.87. The molecule has 146 valence electrons. The van der Waals surface area contributed by atoms with Crippen LogP contribution < -0.4 is 14.8 Å². The zero-order valence-electron chi connectivity index (χ0n) is 16.4. The van der Waals surface area contributed by atoms with E-state index in [9.17, 15) is 8.42 Å². The molecule has 0 aliphatic heterocycles. The zero-order valence-corrected chi connectivity index (χ0v) is 17.2. The predicted octanol–water partition coefficient (Wildman–Crippen LogP) is 2.65. The van der Waals surface area contributed by atoms with Gasteiger partial charge < -0.3 is 5.32 Å². The number of rotatable bonds is 8. The molecule has 4 bridgehead atoms. The molecule has 5 nitrogen and oxygen atoms in total. The molecule has 0 spiro atoms. The van der Waals surface area contributed by atoms with Crippen LogP contribution in [-0.4, -0.2) is 34.6 Å². The highest BCUT2D eigenvalue weighted by Crippen LogP contribution is 2.62. The molecular weight excluding hydrogens is 334 g/mol. The molecule has 2 atom stereocenters. The van der Waals surface area contributed by atoms with E-state index in [0.29, 0.717) is 23.4 Å². The number of nitrogens with one attached hydrogen (secondary N) is 3. The molecule has 0 aromatic carbocycles. The van der Waals surface area contributed by atoms with Gasteiger partial charge in [0.15, 0.2) is 0 Å². The van der Waals surface area contributed by atoms with Crippen molar-refractivity contribution in [3.8, 4) is 0 Å². The van der Waals surface area contributed by atoms with E-state index in [0.717, 1.165) is 30.7 Å². The first-order valence-corrected chi connectivity index (χ1v) is 11.5. The van der Waals surface area contributed by atoms with E-state index in [1.54, 1.807) is 0 Å². The van der Waals surface area contributed by atoms with Gasteiger partial charge in [-0.3, -0.25) is 0 Å². The lowest BCUT2D eigenvalue weighted by molar-refractivity contribution is -0.0928. The minimum Gasteiger partial charge on any atom is -0.313 e. The maximum Gasteiger partial charge on any atom is 0.276 e. The van der Waals surface area contributed by atoms with Crippen molar-refractivity contribution in [1.82, 2.24) is 14.8 Å². The summed E-state index contributed by atoms with van der Waals surface area (Å²) < 4.78 is 27.6. The van der Waals surface area contributed by atoms with Crippen LogP contribution in [0.1, 0.15) is 65.7 Å². The van der Waals surface area contributed by atoms with Crippen LogP contribution in [0.3, 0.4) is 0 Å². The van der Waals surface area contributed by atoms with Crippen molar-refractivity contribution in [2.75, 3.05) is 20.1 Å². The first-order valence-electron chi connectivity index (χ1n) is 10.0. The Kier molecular flexibility index (Phi) is 5.56. The second-order valence-electron chi connectivity index (χ2n) is 10.1. The highest BCUT2D eigenvalue weighted by atomic mass is 32.2. The summed E-state index contributed by atoms with van der Waals surface area (Å²) in [5, 5.41) is 3.79. The summed E-state index contributed by atoms with van der Waals surface area (Å²) in [4.78, 5) is 0. The minimum absolute atomic E-state index is 0.430. The molecule has 4 aliphatic carbocycles. The molecule has 4 rings (SSSR count). The van der Waals surface area contributed by atoms with Crippen molar-refractivity contribution in [2.24, 2.45) is 28.6 Å². The van der Waals surface area contributed by atoms with Crippen molar-refractivity contribution in [3.05, 3.63) is 0 Å². The lowest BCUT2D eigenvalue weighted by atomic mass is 9.46. The standard InChI is InChI=1S/C19H37N3O2S/c1-18(2,3)13-19-10-14-8-15(11-19)17(16(9-14)12-19)21-6-5-7-22-25(23,24)20-4/h14-17,20-22H,5-13H2,1-4H3. The van der Waals surface area contributed by atoms with Crippen molar-refractivity contribution in [2.45, 2.75) is 71.8 Å². The maximum atomic E-state index is 11.4. The molecule has 4 fully saturated rings. The summed E-state index contributed by atoms with van der Waals surface area (Å²) in [6.07, 6.45) is 9.31. The van der Waals surface area contributed by atoms with Gasteiger partial charge in [0, 0.05) is 19.6 Å². The summed E-state index contributed by atoms with van der Waals surface area (Å²) in [6.45, 7) is 8.59. The molecule has 3 N–H and O–H groups in total. The van der Waals surface area contributed by atoms with Gasteiger partial charge in [-0.25, -0.2) is 9.44 Å². The lowest BCUT2D eigenvalue weighted by Gasteiger charge is -2.61. The van der Waals surface area contributed by atoms with Gasteiger partial charge in [0.2, 0.25) is 0 Å². The molecule has 0 radical (unpaired) electrons. The largest absolute Gasteiger partial charge is 0.313 e. The highest BCUT2D eigenvalue weighted by Gasteiger charge is 2.55. The first-order chi connectivity index (χ1) is 11.6. The third-order valence-corrected chi connectivity index (χ3v) is 7.72. The summed E-state index contributed by atoms with van der Waals surface area (Å²) in [7, 11) is -1.86. The Bertz CT molecular complexity index is 554. The van der Waals surface area contributed by atoms with Crippen LogP contribution in [0.15, 0.2) is 0 Å². The van der Waals surface area contributed by atoms with Crippen LogP contribution in [-0.2, 0) is 10.2 Å². The van der Waals surface area contributed by atoms with Crippen molar-refractivity contribution in [1.29, 1.82) is 0 Å². The molecule has 0 saturated heterocycles. The van der Waals surface area contributed by atoms with E-state index in [1.807, 2.05) is 0 Å². The molecule has 0 heterocycles. The molecule has 2 unspecified atom stereocenters. The third-order valence-electron chi connectivity index (χ3n) is 6.60. The van der Waals surface area contributed by atoms with Gasteiger partial charge in [-0.05, 0) is 80.1 Å². The van der Waals surface area contributed by atoms with E-state index in [1.165, 1.54) is 45.6 Å². The van der Waals surface area contributed by atoms with Crippen LogP contribution in [0.25, 0.3) is 0 Å². The smallest absolute Gasteiger partial charge is 0.276 e. The quantitative estimate of drug-likeness (QED) is 0.575. The van der Waals surface area contributed by atoms with E-state index >= 15 is 0 Å². The molecule has 0 aromatic heterocycles. The van der Waals surface area contributed by atoms with Crippen LogP contribution in [0.5, 0.6) is 0 Å². The van der Waals surface area contributed by atoms with Crippen LogP contribution >= 0.6 is 0 Å². The van der Waals surface area contributed by atoms with Gasteiger partial charge in [-0.2, -0.15) is 8.42 Å². The van der Waals surface area contributed by atoms with E-state index in [-0.39, 0.29) is 0 Å². The van der Waals surface area contributed by atoms with Gasteiger partial charge in [-0.1, -0.05) is 20.8 Å². The van der Waals surface area contributed by atoms with Gasteiger partial charge in [-0.15, -0.1) is 0 Å². The van der Waals surface area contributed by atoms with Gasteiger partial charge in [0.25, 0.3) is 10.2 Å². The normalized spacial score (nSPS) is 37.6. The number of hydrogen-bond donors (Lipinski definition) is 3. The second kappa shape index (κ2) is 7.10. The van der Waals surface area contributed by atoms with Gasteiger partial charge in [0.05, 0.1) is 0 Å². The van der Waals surface area contributed by atoms with Crippen molar-refractivity contribution < 1.29 is 8.42 Å². The fraction of sp³-hybridized carbons (Fsp3) is 1.00. The lowest BCUT2D eigenvalue weighted by Crippen LogP contribution is -2.59. The second-order valence-corrected chi connectivity index (χ2v) is 11.8. The molecular formula is C19H37N3O2S. The summed E-state index contributed by atoms with van der Waals surface area (Å²) in [5.74, 6) is 2.63. The Morgan fingerprint density at radius 2 is 1.68 bits per heavy atom. The van der Waals surface area contributed by atoms with Crippen LogP contribution in [0.4, 0.5) is 0 Å². The van der Waals surface area contributed by atoms with Crippen LogP contribution in [0.2, 0.25) is 0 Å². The van der Waals surface area contributed by atoms with Crippen molar-refractivity contribution >= 4 is 10.2 Å². The fourth-order valence-corrected chi connectivity index (χ4v) is 7.06. The molecule has 25 heavy (non-hydrogen) atoms. The van der Waals surface area contributed by atoms with E-state index in [2.05, 4.69) is 35.5 Å². The molecule has 0 aromatic rings. The molecule has 4 saturated carbocycles. The Balaban J connectivity index is 1.50. The van der Waals surface area contributed by atoms with Gasteiger partial charge in [0.1, 0.15) is 0 Å².